The SMILES string of the molecule is COC(=O)CCNc1ccc(C2CCN(C)C2)nn1. The van der Waals surface area contributed by atoms with Crippen molar-refractivity contribution >= 4 is 11.8 Å². The highest BCUT2D eigenvalue weighted by atomic mass is 16.5. The second kappa shape index (κ2) is 6.47. The molecule has 1 aliphatic heterocycles. The van der Waals surface area contributed by atoms with Gasteiger partial charge in [0.1, 0.15) is 5.82 Å². The van der Waals surface area contributed by atoms with Gasteiger partial charge in [0.05, 0.1) is 19.2 Å². The molecule has 1 atom stereocenters. The number of esters is 1. The van der Waals surface area contributed by atoms with Crippen molar-refractivity contribution in [2.45, 2.75) is 18.8 Å². The summed E-state index contributed by atoms with van der Waals surface area (Å²) in [4.78, 5) is 13.3. The Morgan fingerprint density at radius 3 is 2.95 bits per heavy atom. The molecule has 1 unspecified atom stereocenters. The monoisotopic (exact) mass is 264 g/mol. The smallest absolute Gasteiger partial charge is 0.307 e. The van der Waals surface area contributed by atoms with Crippen LogP contribution in [0.4, 0.5) is 5.82 Å². The van der Waals surface area contributed by atoms with E-state index in [4.69, 9.17) is 0 Å². The van der Waals surface area contributed by atoms with Crippen LogP contribution in [0.25, 0.3) is 0 Å². The fraction of sp³-hybridized carbons (Fsp3) is 0.615. The van der Waals surface area contributed by atoms with Crippen molar-refractivity contribution in [2.75, 3.05) is 39.1 Å². The summed E-state index contributed by atoms with van der Waals surface area (Å²) in [5.41, 5.74) is 1.04. The molecule has 1 saturated heterocycles. The third kappa shape index (κ3) is 3.89. The average molecular weight is 264 g/mol. The lowest BCUT2D eigenvalue weighted by molar-refractivity contribution is -0.140. The number of hydrogen-bond acceptors (Lipinski definition) is 6. The van der Waals surface area contributed by atoms with Crippen molar-refractivity contribution in [2.24, 2.45) is 0 Å². The number of carbonyl (C=O) groups is 1. The van der Waals surface area contributed by atoms with Gasteiger partial charge in [0, 0.05) is 19.0 Å². The number of nitrogens with zero attached hydrogens (tertiary/aromatic N) is 3. The van der Waals surface area contributed by atoms with Crippen LogP contribution in [0.3, 0.4) is 0 Å². The van der Waals surface area contributed by atoms with E-state index in [1.165, 1.54) is 7.11 Å². The minimum absolute atomic E-state index is 0.230. The number of rotatable bonds is 5. The highest BCUT2D eigenvalue weighted by Gasteiger charge is 2.22. The summed E-state index contributed by atoms with van der Waals surface area (Å²) in [5, 5.41) is 11.4. The van der Waals surface area contributed by atoms with E-state index in [2.05, 4.69) is 32.2 Å². The molecular formula is C13H20N4O2. The van der Waals surface area contributed by atoms with Gasteiger partial charge < -0.3 is 15.0 Å². The van der Waals surface area contributed by atoms with Gasteiger partial charge in [0.2, 0.25) is 0 Å². The zero-order valence-electron chi connectivity index (χ0n) is 11.4. The standard InChI is InChI=1S/C13H20N4O2/c1-17-8-6-10(9-17)11-3-4-12(16-15-11)14-7-5-13(18)19-2/h3-4,10H,5-9H2,1-2H3,(H,14,16). The van der Waals surface area contributed by atoms with E-state index in [1.54, 1.807) is 0 Å². The molecule has 6 nitrogen and oxygen atoms in total. The number of ether oxygens (including phenoxy) is 1. The lowest BCUT2D eigenvalue weighted by Crippen LogP contribution is -2.14. The van der Waals surface area contributed by atoms with Gasteiger partial charge in [-0.25, -0.2) is 0 Å². The van der Waals surface area contributed by atoms with Crippen molar-refractivity contribution in [1.29, 1.82) is 0 Å². The molecule has 1 aliphatic rings. The molecule has 2 heterocycles. The molecule has 2 rings (SSSR count). The first-order chi connectivity index (χ1) is 9.19. The Morgan fingerprint density at radius 2 is 2.37 bits per heavy atom. The Kier molecular flexibility index (Phi) is 4.68. The number of anilines is 1. The molecule has 1 aromatic rings. The Hall–Kier alpha value is -1.69. The predicted molar refractivity (Wildman–Crippen MR) is 72.0 cm³/mol. The van der Waals surface area contributed by atoms with E-state index in [-0.39, 0.29) is 5.97 Å². The van der Waals surface area contributed by atoms with E-state index in [1.807, 2.05) is 12.1 Å². The van der Waals surface area contributed by atoms with Crippen LogP contribution < -0.4 is 5.32 Å². The number of likely N-dealkylation sites (tertiary alicyclic amines) is 1. The first-order valence-electron chi connectivity index (χ1n) is 6.52. The van der Waals surface area contributed by atoms with Crippen LogP contribution in [0.5, 0.6) is 0 Å². The summed E-state index contributed by atoms with van der Waals surface area (Å²) in [6.07, 6.45) is 1.47. The summed E-state index contributed by atoms with van der Waals surface area (Å²) >= 11 is 0. The van der Waals surface area contributed by atoms with Gasteiger partial charge in [-0.2, -0.15) is 5.10 Å². The van der Waals surface area contributed by atoms with Crippen LogP contribution in [0.2, 0.25) is 0 Å². The lowest BCUT2D eigenvalue weighted by atomic mass is 10.1. The minimum Gasteiger partial charge on any atom is -0.469 e. The minimum atomic E-state index is -0.230. The van der Waals surface area contributed by atoms with E-state index in [0.717, 1.165) is 25.2 Å². The molecular weight excluding hydrogens is 244 g/mol. The van der Waals surface area contributed by atoms with Crippen LogP contribution in [-0.4, -0.2) is 54.9 Å². The maximum absolute atomic E-state index is 11.0. The lowest BCUT2D eigenvalue weighted by Gasteiger charge is -2.10. The Morgan fingerprint density at radius 1 is 1.53 bits per heavy atom. The fourth-order valence-electron chi connectivity index (χ4n) is 2.23. The first kappa shape index (κ1) is 13.7. The summed E-state index contributed by atoms with van der Waals surface area (Å²) < 4.78 is 4.57. The first-order valence-corrected chi connectivity index (χ1v) is 6.52. The molecule has 19 heavy (non-hydrogen) atoms. The zero-order valence-corrected chi connectivity index (χ0v) is 11.4. The number of methoxy groups -OCH3 is 1. The normalized spacial score (nSPS) is 19.4. The van der Waals surface area contributed by atoms with Crippen molar-refractivity contribution < 1.29 is 9.53 Å². The van der Waals surface area contributed by atoms with Crippen molar-refractivity contribution in [1.82, 2.24) is 15.1 Å². The third-order valence-electron chi connectivity index (χ3n) is 3.36. The maximum atomic E-state index is 11.0. The second-order valence-corrected chi connectivity index (χ2v) is 4.84. The molecule has 1 fully saturated rings. The number of hydrogen-bond donors (Lipinski definition) is 1. The molecule has 6 heteroatoms. The second-order valence-electron chi connectivity index (χ2n) is 4.84. The van der Waals surface area contributed by atoms with E-state index in [9.17, 15) is 4.79 Å². The van der Waals surface area contributed by atoms with Crippen molar-refractivity contribution in [3.8, 4) is 0 Å². The Bertz CT molecular complexity index is 421. The van der Waals surface area contributed by atoms with Gasteiger partial charge in [-0.05, 0) is 32.1 Å². The molecule has 1 N–H and O–H groups in total. The molecule has 0 radical (unpaired) electrons. The van der Waals surface area contributed by atoms with Gasteiger partial charge in [0.15, 0.2) is 0 Å². The van der Waals surface area contributed by atoms with Gasteiger partial charge in [-0.1, -0.05) is 0 Å². The third-order valence-corrected chi connectivity index (χ3v) is 3.36. The summed E-state index contributed by atoms with van der Waals surface area (Å²) in [6, 6.07) is 3.93. The van der Waals surface area contributed by atoms with Gasteiger partial charge in [-0.15, -0.1) is 5.10 Å². The Labute approximate surface area is 113 Å². The van der Waals surface area contributed by atoms with E-state index >= 15 is 0 Å². The van der Waals surface area contributed by atoms with Crippen LogP contribution >= 0.6 is 0 Å². The molecule has 0 amide bonds. The number of carbonyl (C=O) groups excluding carboxylic acids is 1. The number of aromatic nitrogens is 2. The number of likely N-dealkylation sites (N-methyl/N-ethyl adjacent to an activating group) is 1. The van der Waals surface area contributed by atoms with Gasteiger partial charge in [-0.3, -0.25) is 4.79 Å². The molecule has 0 aromatic carbocycles. The van der Waals surface area contributed by atoms with Gasteiger partial charge >= 0.3 is 5.97 Å². The topological polar surface area (TPSA) is 67.3 Å². The van der Waals surface area contributed by atoms with Crippen LogP contribution in [0.15, 0.2) is 12.1 Å². The largest absolute Gasteiger partial charge is 0.469 e. The molecule has 0 bridgehead atoms. The molecule has 104 valence electrons. The zero-order chi connectivity index (χ0) is 13.7. The molecule has 1 aromatic heterocycles. The van der Waals surface area contributed by atoms with Crippen LogP contribution in [-0.2, 0) is 9.53 Å². The number of nitrogens with one attached hydrogen (secondary N) is 1. The average Bonchev–Trinajstić information content (AvgIpc) is 2.86. The van der Waals surface area contributed by atoms with E-state index < -0.39 is 0 Å². The Balaban J connectivity index is 1.83. The van der Waals surface area contributed by atoms with Crippen molar-refractivity contribution in [3.63, 3.8) is 0 Å². The van der Waals surface area contributed by atoms with Crippen molar-refractivity contribution in [3.05, 3.63) is 17.8 Å². The predicted octanol–water partition coefficient (Wildman–Crippen LogP) is 0.871. The maximum Gasteiger partial charge on any atom is 0.307 e. The quantitative estimate of drug-likeness (QED) is 0.796. The summed E-state index contributed by atoms with van der Waals surface area (Å²) in [5.74, 6) is 0.951. The fourth-order valence-corrected chi connectivity index (χ4v) is 2.23. The van der Waals surface area contributed by atoms with Crippen LogP contribution in [0, 0.1) is 0 Å². The highest BCUT2D eigenvalue weighted by molar-refractivity contribution is 5.69. The highest BCUT2D eigenvalue weighted by Crippen LogP contribution is 2.24. The molecule has 0 spiro atoms. The van der Waals surface area contributed by atoms with Crippen LogP contribution in [0.1, 0.15) is 24.5 Å². The summed E-state index contributed by atoms with van der Waals surface area (Å²) in [6.45, 7) is 2.67. The van der Waals surface area contributed by atoms with Gasteiger partial charge in [0.25, 0.3) is 0 Å². The summed E-state index contributed by atoms with van der Waals surface area (Å²) in [7, 11) is 3.51. The van der Waals surface area contributed by atoms with E-state index in [0.29, 0.717) is 24.7 Å². The molecule has 0 aliphatic carbocycles. The molecule has 0 saturated carbocycles.